The SMILES string of the molecule is COC(=O)C1=C(CN2[C@@H]3COCC34[C@@H](CC(=O)O)C[C@@H]24)NC(c2nccs2)=N[C@H]1c1ccc(F)cc1Br. The predicted molar refractivity (Wildman–Crippen MR) is 136 cm³/mol. The highest BCUT2D eigenvalue weighted by molar-refractivity contribution is 9.10. The molecule has 4 heterocycles. The van der Waals surface area contributed by atoms with Gasteiger partial charge < -0.3 is 19.9 Å². The molecule has 1 aliphatic carbocycles. The van der Waals surface area contributed by atoms with E-state index in [1.54, 1.807) is 12.3 Å². The minimum atomic E-state index is -0.788. The molecule has 12 heteroatoms. The first-order valence-electron chi connectivity index (χ1n) is 11.9. The fourth-order valence-electron chi connectivity index (χ4n) is 6.47. The fraction of sp³-hybridized carbons (Fsp3) is 0.440. The minimum absolute atomic E-state index is 0.0713. The van der Waals surface area contributed by atoms with Gasteiger partial charge in [-0.3, -0.25) is 14.7 Å². The highest BCUT2D eigenvalue weighted by atomic mass is 79.9. The molecule has 5 atom stereocenters. The maximum absolute atomic E-state index is 13.9. The molecule has 6 rings (SSSR count). The van der Waals surface area contributed by atoms with Crippen LogP contribution in [0.2, 0.25) is 0 Å². The maximum atomic E-state index is 13.9. The number of nitrogens with one attached hydrogen (secondary N) is 1. The van der Waals surface area contributed by atoms with Crippen LogP contribution in [0, 0.1) is 17.2 Å². The molecule has 9 nitrogen and oxygen atoms in total. The number of piperidine rings is 1. The predicted octanol–water partition coefficient (Wildman–Crippen LogP) is 3.13. The van der Waals surface area contributed by atoms with Crippen LogP contribution in [-0.2, 0) is 19.1 Å². The molecule has 1 aromatic heterocycles. The largest absolute Gasteiger partial charge is 0.481 e. The van der Waals surface area contributed by atoms with E-state index >= 15 is 0 Å². The van der Waals surface area contributed by atoms with Gasteiger partial charge in [-0.2, -0.15) is 0 Å². The zero-order valence-corrected chi connectivity index (χ0v) is 22.2. The summed E-state index contributed by atoms with van der Waals surface area (Å²) in [5, 5.41) is 15.2. The normalized spacial score (nSPS) is 30.4. The molecule has 37 heavy (non-hydrogen) atoms. The monoisotopic (exact) mass is 590 g/mol. The molecule has 3 fully saturated rings. The Kier molecular flexibility index (Phi) is 6.17. The number of aromatic nitrogens is 1. The zero-order valence-electron chi connectivity index (χ0n) is 19.8. The number of benzene rings is 1. The molecule has 2 saturated heterocycles. The van der Waals surface area contributed by atoms with E-state index in [1.165, 1.54) is 30.6 Å². The van der Waals surface area contributed by atoms with E-state index in [4.69, 9.17) is 14.5 Å². The third kappa shape index (κ3) is 3.84. The number of carbonyl (C=O) groups excluding carboxylic acids is 1. The first-order valence-corrected chi connectivity index (χ1v) is 13.6. The second-order valence-electron chi connectivity index (χ2n) is 9.75. The van der Waals surface area contributed by atoms with Crippen molar-refractivity contribution in [2.45, 2.75) is 31.0 Å². The molecule has 0 bridgehead atoms. The third-order valence-corrected chi connectivity index (χ3v) is 9.59. The number of hydrogen-bond acceptors (Lipinski definition) is 9. The Morgan fingerprint density at radius 3 is 2.95 bits per heavy atom. The van der Waals surface area contributed by atoms with Gasteiger partial charge in [0.15, 0.2) is 10.8 Å². The van der Waals surface area contributed by atoms with Gasteiger partial charge in [0.05, 0.1) is 25.9 Å². The van der Waals surface area contributed by atoms with E-state index in [0.29, 0.717) is 51.9 Å². The summed E-state index contributed by atoms with van der Waals surface area (Å²) in [6.07, 6.45) is 2.59. The van der Waals surface area contributed by atoms with E-state index in [9.17, 15) is 19.1 Å². The molecule has 1 saturated carbocycles. The molecular formula is C25H24BrFN4O5S. The first kappa shape index (κ1) is 24.7. The number of ether oxygens (including phenoxy) is 2. The van der Waals surface area contributed by atoms with Crippen molar-refractivity contribution < 1.29 is 28.6 Å². The van der Waals surface area contributed by atoms with Crippen molar-refractivity contribution in [3.05, 3.63) is 61.9 Å². The molecule has 194 valence electrons. The molecule has 4 aliphatic rings. The Bertz CT molecular complexity index is 1330. The molecule has 1 unspecified atom stereocenters. The van der Waals surface area contributed by atoms with Crippen molar-refractivity contribution in [2.75, 3.05) is 26.9 Å². The minimum Gasteiger partial charge on any atom is -0.481 e. The number of aliphatic imine (C=N–C) groups is 1. The lowest BCUT2D eigenvalue weighted by atomic mass is 9.46. The molecule has 0 radical (unpaired) electrons. The second kappa shape index (κ2) is 9.26. The Morgan fingerprint density at radius 1 is 1.41 bits per heavy atom. The van der Waals surface area contributed by atoms with E-state index in [2.05, 4.69) is 31.1 Å². The lowest BCUT2D eigenvalue weighted by molar-refractivity contribution is -0.222. The van der Waals surface area contributed by atoms with Gasteiger partial charge in [-0.15, -0.1) is 11.3 Å². The summed E-state index contributed by atoms with van der Waals surface area (Å²) in [7, 11) is 1.33. The maximum Gasteiger partial charge on any atom is 0.338 e. The van der Waals surface area contributed by atoms with Gasteiger partial charge in [0.2, 0.25) is 0 Å². The highest BCUT2D eigenvalue weighted by Crippen LogP contribution is 2.65. The average Bonchev–Trinajstić information content (AvgIpc) is 3.55. The van der Waals surface area contributed by atoms with Crippen LogP contribution in [0.25, 0.3) is 0 Å². The number of thiazole rings is 1. The van der Waals surface area contributed by atoms with E-state index in [-0.39, 0.29) is 29.8 Å². The van der Waals surface area contributed by atoms with Crippen LogP contribution in [0.1, 0.15) is 29.5 Å². The number of carboxylic acid groups (broad SMARTS) is 1. The summed E-state index contributed by atoms with van der Waals surface area (Å²) in [5.41, 5.74) is 1.45. The van der Waals surface area contributed by atoms with Gasteiger partial charge in [0.25, 0.3) is 0 Å². The Labute approximate surface area is 224 Å². The van der Waals surface area contributed by atoms with Crippen LogP contribution >= 0.6 is 27.3 Å². The van der Waals surface area contributed by atoms with Gasteiger partial charge in [0.1, 0.15) is 11.9 Å². The molecule has 3 aliphatic heterocycles. The molecule has 2 N–H and O–H groups in total. The van der Waals surface area contributed by atoms with Crippen LogP contribution in [0.15, 0.2) is 50.5 Å². The summed E-state index contributed by atoms with van der Waals surface area (Å²) in [4.78, 5) is 36.1. The number of halogens is 2. The topological polar surface area (TPSA) is 113 Å². The number of likely N-dealkylation sites (tertiary alicyclic amines) is 1. The Morgan fingerprint density at radius 2 is 2.24 bits per heavy atom. The summed E-state index contributed by atoms with van der Waals surface area (Å²) in [6.45, 7) is 1.49. The average molecular weight is 591 g/mol. The van der Waals surface area contributed by atoms with E-state index in [0.717, 1.165) is 6.42 Å². The molecule has 0 amide bonds. The van der Waals surface area contributed by atoms with Gasteiger partial charge in [0, 0.05) is 52.2 Å². The number of rotatable bonds is 7. The van der Waals surface area contributed by atoms with Gasteiger partial charge in [-0.1, -0.05) is 22.0 Å². The Hall–Kier alpha value is -2.67. The van der Waals surface area contributed by atoms with Crippen LogP contribution in [0.4, 0.5) is 4.39 Å². The summed E-state index contributed by atoms with van der Waals surface area (Å²) < 4.78 is 25.4. The number of amidine groups is 1. The van der Waals surface area contributed by atoms with Crippen LogP contribution < -0.4 is 5.32 Å². The summed E-state index contributed by atoms with van der Waals surface area (Å²) >= 11 is 4.86. The third-order valence-electron chi connectivity index (χ3n) is 8.12. The van der Waals surface area contributed by atoms with E-state index < -0.39 is 23.8 Å². The smallest absolute Gasteiger partial charge is 0.338 e. The number of esters is 1. The molecule has 1 aromatic carbocycles. The first-order chi connectivity index (χ1) is 17.8. The number of hydrogen-bond donors (Lipinski definition) is 2. The van der Waals surface area contributed by atoms with Crippen molar-refractivity contribution in [2.24, 2.45) is 16.3 Å². The number of carbonyl (C=O) groups is 2. The lowest BCUT2D eigenvalue weighted by Crippen LogP contribution is -2.80. The zero-order chi connectivity index (χ0) is 25.9. The second-order valence-corrected chi connectivity index (χ2v) is 11.5. The number of methoxy groups -OCH3 is 1. The fourth-order valence-corrected chi connectivity index (χ4v) is 7.62. The van der Waals surface area contributed by atoms with Crippen molar-refractivity contribution in [1.82, 2.24) is 15.2 Å². The number of carboxylic acids is 1. The summed E-state index contributed by atoms with van der Waals surface area (Å²) in [5.74, 6) is -1.12. The van der Waals surface area contributed by atoms with Crippen molar-refractivity contribution in [3.8, 4) is 0 Å². The van der Waals surface area contributed by atoms with Crippen molar-refractivity contribution in [3.63, 3.8) is 0 Å². The van der Waals surface area contributed by atoms with Crippen molar-refractivity contribution >= 4 is 45.0 Å². The van der Waals surface area contributed by atoms with Gasteiger partial charge >= 0.3 is 11.9 Å². The molecular weight excluding hydrogens is 567 g/mol. The number of aliphatic carboxylic acids is 1. The van der Waals surface area contributed by atoms with Crippen molar-refractivity contribution in [1.29, 1.82) is 0 Å². The number of nitrogens with zero attached hydrogens (tertiary/aromatic N) is 3. The van der Waals surface area contributed by atoms with Crippen LogP contribution in [0.5, 0.6) is 0 Å². The highest BCUT2D eigenvalue weighted by Gasteiger charge is 2.73. The quantitative estimate of drug-likeness (QED) is 0.473. The molecule has 1 spiro atoms. The Balaban J connectivity index is 1.38. The van der Waals surface area contributed by atoms with Gasteiger partial charge in [-0.05, 0) is 30.0 Å². The van der Waals surface area contributed by atoms with Gasteiger partial charge in [-0.25, -0.2) is 14.2 Å². The standard InChI is InChI=1S/C25H24BrFN4O5S/c1-35-24(34)20-16(9-31-17-6-12(7-19(32)33)25(17)11-36-10-18(25)31)29-22(23-28-4-5-37-23)30-21(20)14-3-2-13(27)8-15(14)26/h2-5,8,12,17-18,21H,6-7,9-11H2,1H3,(H,29,30)(H,32,33)/t12-,17-,18-,21+,25?/m1/s1. The lowest BCUT2D eigenvalue weighted by Gasteiger charge is -2.71. The molecule has 2 aromatic rings. The van der Waals surface area contributed by atoms with Crippen LogP contribution in [0.3, 0.4) is 0 Å². The summed E-state index contributed by atoms with van der Waals surface area (Å²) in [6, 6.07) is 3.80. The van der Waals surface area contributed by atoms with Crippen LogP contribution in [-0.4, -0.2) is 71.7 Å². The van der Waals surface area contributed by atoms with E-state index in [1.807, 2.05) is 5.38 Å².